The van der Waals surface area contributed by atoms with Crippen LogP contribution >= 0.6 is 0 Å². The van der Waals surface area contributed by atoms with Gasteiger partial charge >= 0.3 is 0 Å². The van der Waals surface area contributed by atoms with E-state index in [1.807, 2.05) is 13.8 Å². The molecule has 0 aromatic carbocycles. The average molecular weight is 318 g/mol. The fourth-order valence-electron chi connectivity index (χ4n) is 2.20. The molecule has 0 bridgehead atoms. The first-order valence-corrected chi connectivity index (χ1v) is 7.63. The van der Waals surface area contributed by atoms with Gasteiger partial charge in [-0.05, 0) is 37.1 Å². The smallest absolute Gasteiger partial charge is 0.261 e. The molecule has 2 heterocycles. The number of hydrogen-bond acceptors (Lipinski definition) is 4. The largest absolute Gasteiger partial charge is 0.463 e. The molecular weight excluding hydrogens is 296 g/mol. The SMILES string of the molecule is CCC(C)C(C)(O)CNC(=O)c1ccc(-c2ccco2)[nH]c1=O. The number of amides is 1. The summed E-state index contributed by atoms with van der Waals surface area (Å²) in [5.41, 5.74) is -1.02. The lowest BCUT2D eigenvalue weighted by atomic mass is 9.88. The van der Waals surface area contributed by atoms with E-state index in [1.165, 1.54) is 12.3 Å². The van der Waals surface area contributed by atoms with Crippen LogP contribution in [-0.4, -0.2) is 28.1 Å². The van der Waals surface area contributed by atoms with Crippen LogP contribution in [0.2, 0.25) is 0 Å². The molecule has 0 saturated carbocycles. The van der Waals surface area contributed by atoms with Gasteiger partial charge in [-0.3, -0.25) is 9.59 Å². The van der Waals surface area contributed by atoms with Gasteiger partial charge in [-0.1, -0.05) is 20.3 Å². The van der Waals surface area contributed by atoms with Gasteiger partial charge in [-0.25, -0.2) is 0 Å². The molecule has 2 atom stereocenters. The molecular formula is C17H22N2O4. The molecule has 0 fully saturated rings. The summed E-state index contributed by atoms with van der Waals surface area (Å²) < 4.78 is 5.20. The number of pyridine rings is 1. The summed E-state index contributed by atoms with van der Waals surface area (Å²) >= 11 is 0. The molecule has 124 valence electrons. The van der Waals surface area contributed by atoms with Crippen LogP contribution in [0.3, 0.4) is 0 Å². The molecule has 0 aliphatic rings. The molecule has 0 spiro atoms. The van der Waals surface area contributed by atoms with Crippen molar-refractivity contribution in [2.75, 3.05) is 6.54 Å². The normalized spacial score (nSPS) is 15.0. The van der Waals surface area contributed by atoms with Gasteiger partial charge in [0.2, 0.25) is 0 Å². The molecule has 6 heteroatoms. The number of hydrogen-bond donors (Lipinski definition) is 3. The molecule has 3 N–H and O–H groups in total. The van der Waals surface area contributed by atoms with Crippen molar-refractivity contribution < 1.29 is 14.3 Å². The van der Waals surface area contributed by atoms with E-state index in [2.05, 4.69) is 10.3 Å². The zero-order valence-electron chi connectivity index (χ0n) is 13.6. The molecule has 0 aliphatic heterocycles. The summed E-state index contributed by atoms with van der Waals surface area (Å²) in [6, 6.07) is 6.49. The Balaban J connectivity index is 2.10. The fourth-order valence-corrected chi connectivity index (χ4v) is 2.20. The first kappa shape index (κ1) is 17.0. The van der Waals surface area contributed by atoms with E-state index in [4.69, 9.17) is 4.42 Å². The Labute approximate surface area is 134 Å². The molecule has 0 radical (unpaired) electrons. The van der Waals surface area contributed by atoms with Crippen LogP contribution < -0.4 is 10.9 Å². The second-order valence-corrected chi connectivity index (χ2v) is 5.94. The van der Waals surface area contributed by atoms with E-state index in [-0.39, 0.29) is 18.0 Å². The summed E-state index contributed by atoms with van der Waals surface area (Å²) in [6.07, 6.45) is 2.30. The van der Waals surface area contributed by atoms with Crippen LogP contribution in [0.4, 0.5) is 0 Å². The minimum Gasteiger partial charge on any atom is -0.463 e. The third-order valence-corrected chi connectivity index (χ3v) is 4.22. The van der Waals surface area contributed by atoms with Gasteiger partial charge in [0.1, 0.15) is 11.3 Å². The van der Waals surface area contributed by atoms with Crippen molar-refractivity contribution in [3.8, 4) is 11.5 Å². The van der Waals surface area contributed by atoms with Gasteiger partial charge < -0.3 is 19.8 Å². The summed E-state index contributed by atoms with van der Waals surface area (Å²) in [4.78, 5) is 26.8. The van der Waals surface area contributed by atoms with E-state index in [1.54, 1.807) is 25.1 Å². The Bertz CT molecular complexity index is 716. The Morgan fingerprint density at radius 2 is 2.17 bits per heavy atom. The minimum atomic E-state index is -1.02. The van der Waals surface area contributed by atoms with Crippen LogP contribution in [0.25, 0.3) is 11.5 Å². The van der Waals surface area contributed by atoms with Crippen molar-refractivity contribution in [1.29, 1.82) is 0 Å². The van der Waals surface area contributed by atoms with Gasteiger partial charge in [0.05, 0.1) is 17.6 Å². The van der Waals surface area contributed by atoms with Crippen molar-refractivity contribution in [2.45, 2.75) is 32.8 Å². The third kappa shape index (κ3) is 3.90. The maximum absolute atomic E-state index is 12.2. The van der Waals surface area contributed by atoms with Gasteiger partial charge in [0.25, 0.3) is 11.5 Å². The predicted octanol–water partition coefficient (Wildman–Crippen LogP) is 2.16. The summed E-state index contributed by atoms with van der Waals surface area (Å²) in [5, 5.41) is 12.9. The van der Waals surface area contributed by atoms with Crippen molar-refractivity contribution in [2.24, 2.45) is 5.92 Å². The van der Waals surface area contributed by atoms with Crippen molar-refractivity contribution in [3.63, 3.8) is 0 Å². The van der Waals surface area contributed by atoms with Gasteiger partial charge in [-0.15, -0.1) is 0 Å². The lowest BCUT2D eigenvalue weighted by molar-refractivity contribution is 0.00591. The first-order valence-electron chi connectivity index (χ1n) is 7.63. The van der Waals surface area contributed by atoms with Crippen LogP contribution in [0, 0.1) is 5.92 Å². The topological polar surface area (TPSA) is 95.3 Å². The molecule has 2 aromatic rings. The lowest BCUT2D eigenvalue weighted by Gasteiger charge is -2.29. The Morgan fingerprint density at radius 3 is 2.74 bits per heavy atom. The second-order valence-electron chi connectivity index (χ2n) is 5.94. The number of aromatic nitrogens is 1. The molecule has 2 aromatic heterocycles. The molecule has 23 heavy (non-hydrogen) atoms. The van der Waals surface area contributed by atoms with E-state index in [0.29, 0.717) is 11.5 Å². The Hall–Kier alpha value is -2.34. The number of H-pyrrole nitrogens is 1. The maximum Gasteiger partial charge on any atom is 0.261 e. The maximum atomic E-state index is 12.2. The standard InChI is InChI=1S/C17H22N2O4/c1-4-11(2)17(3,22)10-18-15(20)12-7-8-13(19-16(12)21)14-6-5-9-23-14/h5-9,11,22H,4,10H2,1-3H3,(H,18,20)(H,19,21). The molecule has 2 unspecified atom stereocenters. The van der Waals surface area contributed by atoms with Crippen LogP contribution in [0.15, 0.2) is 39.7 Å². The number of nitrogens with one attached hydrogen (secondary N) is 2. The second kappa shape index (κ2) is 6.83. The van der Waals surface area contributed by atoms with Crippen LogP contribution in [-0.2, 0) is 0 Å². The highest BCUT2D eigenvalue weighted by molar-refractivity contribution is 5.94. The van der Waals surface area contributed by atoms with Gasteiger partial charge in [0, 0.05) is 6.54 Å². The molecule has 6 nitrogen and oxygen atoms in total. The van der Waals surface area contributed by atoms with Gasteiger partial charge in [0.15, 0.2) is 0 Å². The molecule has 1 amide bonds. The predicted molar refractivity (Wildman–Crippen MR) is 87.2 cm³/mol. The van der Waals surface area contributed by atoms with E-state index >= 15 is 0 Å². The summed E-state index contributed by atoms with van der Waals surface area (Å²) in [7, 11) is 0. The molecule has 0 saturated heterocycles. The number of aliphatic hydroxyl groups is 1. The Morgan fingerprint density at radius 1 is 1.43 bits per heavy atom. The minimum absolute atomic E-state index is 0.000239. The van der Waals surface area contributed by atoms with Crippen molar-refractivity contribution >= 4 is 5.91 Å². The lowest BCUT2D eigenvalue weighted by Crippen LogP contribution is -2.45. The first-order chi connectivity index (χ1) is 10.8. The highest BCUT2D eigenvalue weighted by atomic mass is 16.3. The summed E-state index contributed by atoms with van der Waals surface area (Å²) in [6.45, 7) is 5.64. The number of carbonyl (C=O) groups is 1. The average Bonchev–Trinajstić information content (AvgIpc) is 3.06. The zero-order valence-corrected chi connectivity index (χ0v) is 13.6. The third-order valence-electron chi connectivity index (χ3n) is 4.22. The number of furan rings is 1. The van der Waals surface area contributed by atoms with Crippen LogP contribution in [0.5, 0.6) is 0 Å². The highest BCUT2D eigenvalue weighted by Gasteiger charge is 2.28. The number of carbonyl (C=O) groups excluding carboxylic acids is 1. The monoisotopic (exact) mass is 318 g/mol. The number of aromatic amines is 1. The van der Waals surface area contributed by atoms with Crippen molar-refractivity contribution in [3.05, 3.63) is 46.4 Å². The Kier molecular flexibility index (Phi) is 5.05. The number of rotatable bonds is 6. The van der Waals surface area contributed by atoms with E-state index in [0.717, 1.165) is 6.42 Å². The molecule has 2 rings (SSSR count). The van der Waals surface area contributed by atoms with Crippen LogP contribution in [0.1, 0.15) is 37.6 Å². The highest BCUT2D eigenvalue weighted by Crippen LogP contribution is 2.19. The van der Waals surface area contributed by atoms with Crippen molar-refractivity contribution in [1.82, 2.24) is 10.3 Å². The zero-order chi connectivity index (χ0) is 17.0. The van der Waals surface area contributed by atoms with Gasteiger partial charge in [-0.2, -0.15) is 0 Å². The fraction of sp³-hybridized carbons (Fsp3) is 0.412. The van der Waals surface area contributed by atoms with E-state index < -0.39 is 17.1 Å². The van der Waals surface area contributed by atoms with E-state index in [9.17, 15) is 14.7 Å². The summed E-state index contributed by atoms with van der Waals surface area (Å²) in [5.74, 6) is 0.0389. The molecule has 0 aliphatic carbocycles. The quantitative estimate of drug-likeness (QED) is 0.760.